The molecular weight excluding hydrogens is 535 g/mol. The number of benzene rings is 1. The second-order valence-electron chi connectivity index (χ2n) is 8.08. The Bertz CT molecular complexity index is 816. The molecule has 178 valence electrons. The molecule has 1 fully saturated rings. The normalized spacial score (nSPS) is 17.0. The highest BCUT2D eigenvalue weighted by Crippen LogP contribution is 2.21. The van der Waals surface area contributed by atoms with E-state index in [0.717, 1.165) is 36.9 Å². The number of piperidine rings is 1. The lowest BCUT2D eigenvalue weighted by atomic mass is 9.98. The summed E-state index contributed by atoms with van der Waals surface area (Å²) in [5, 5.41) is 9.13. The second kappa shape index (κ2) is 14.7. The highest BCUT2D eigenvalue weighted by molar-refractivity contribution is 14.0. The van der Waals surface area contributed by atoms with Crippen molar-refractivity contribution in [2.45, 2.75) is 32.9 Å². The van der Waals surface area contributed by atoms with Gasteiger partial charge in [-0.3, -0.25) is 9.89 Å². The van der Waals surface area contributed by atoms with Gasteiger partial charge in [-0.15, -0.1) is 35.3 Å². The number of ether oxygens (including phenoxy) is 2. The number of aryl methyl sites for hydroxylation is 1. The maximum Gasteiger partial charge on any atom is 0.191 e. The molecule has 1 saturated heterocycles. The fraction of sp³-hybridized carbons (Fsp3) is 0.542. The van der Waals surface area contributed by atoms with E-state index in [-0.39, 0.29) is 24.0 Å². The third kappa shape index (κ3) is 8.88. The lowest BCUT2D eigenvalue weighted by molar-refractivity contribution is 0.145. The molecule has 2 N–H and O–H groups in total. The molecule has 2 heterocycles. The number of hydrogen-bond donors (Lipinski definition) is 2. The predicted octanol–water partition coefficient (Wildman–Crippen LogP) is 4.28. The topological polar surface area (TPSA) is 58.1 Å². The number of methoxy groups -OCH3 is 1. The molecule has 1 aromatic heterocycles. The summed E-state index contributed by atoms with van der Waals surface area (Å²) in [6.45, 7) is 8.20. The number of rotatable bonds is 10. The Hall–Kier alpha value is -1.36. The van der Waals surface area contributed by atoms with Gasteiger partial charge in [-0.2, -0.15) is 0 Å². The van der Waals surface area contributed by atoms with Crippen LogP contribution in [0.4, 0.5) is 0 Å². The SMILES string of the molecule is CN=C(NCc1ccc(C)cc1OCCOC)NCC1CCCN(Cc2cccs2)C1.I. The molecule has 0 amide bonds. The summed E-state index contributed by atoms with van der Waals surface area (Å²) in [6, 6.07) is 10.7. The van der Waals surface area contributed by atoms with E-state index in [1.807, 2.05) is 18.4 Å². The summed E-state index contributed by atoms with van der Waals surface area (Å²) >= 11 is 1.85. The molecule has 0 saturated carbocycles. The summed E-state index contributed by atoms with van der Waals surface area (Å²) in [5.41, 5.74) is 2.30. The fourth-order valence-electron chi connectivity index (χ4n) is 3.90. The number of nitrogens with zero attached hydrogens (tertiary/aromatic N) is 2. The van der Waals surface area contributed by atoms with Gasteiger partial charge >= 0.3 is 0 Å². The first-order chi connectivity index (χ1) is 15.2. The number of guanidine groups is 1. The van der Waals surface area contributed by atoms with Gasteiger partial charge in [0.15, 0.2) is 5.96 Å². The van der Waals surface area contributed by atoms with E-state index < -0.39 is 0 Å². The van der Waals surface area contributed by atoms with E-state index in [4.69, 9.17) is 9.47 Å². The molecule has 0 aliphatic carbocycles. The van der Waals surface area contributed by atoms with Crippen molar-refractivity contribution in [1.29, 1.82) is 0 Å². The molecule has 32 heavy (non-hydrogen) atoms. The van der Waals surface area contributed by atoms with Crippen LogP contribution in [-0.2, 0) is 17.8 Å². The number of hydrogen-bond acceptors (Lipinski definition) is 5. The Morgan fingerprint density at radius 1 is 1.25 bits per heavy atom. The molecule has 1 aliphatic rings. The van der Waals surface area contributed by atoms with Crippen molar-refractivity contribution in [3.63, 3.8) is 0 Å². The number of aliphatic imine (C=N–C) groups is 1. The van der Waals surface area contributed by atoms with Crippen LogP contribution in [0.2, 0.25) is 0 Å². The van der Waals surface area contributed by atoms with Crippen molar-refractivity contribution < 1.29 is 9.47 Å². The summed E-state index contributed by atoms with van der Waals surface area (Å²) in [6.07, 6.45) is 2.52. The van der Waals surface area contributed by atoms with E-state index in [1.54, 1.807) is 7.11 Å². The van der Waals surface area contributed by atoms with Gasteiger partial charge < -0.3 is 20.1 Å². The average Bonchev–Trinajstić information content (AvgIpc) is 3.28. The van der Waals surface area contributed by atoms with E-state index in [0.29, 0.717) is 25.7 Å². The van der Waals surface area contributed by atoms with E-state index in [1.165, 1.54) is 29.8 Å². The predicted molar refractivity (Wildman–Crippen MR) is 144 cm³/mol. The van der Waals surface area contributed by atoms with Crippen LogP contribution in [0.15, 0.2) is 40.7 Å². The lowest BCUT2D eigenvalue weighted by Gasteiger charge is -2.32. The molecule has 2 aromatic rings. The maximum atomic E-state index is 5.90. The summed E-state index contributed by atoms with van der Waals surface area (Å²) in [7, 11) is 3.51. The first-order valence-corrected chi connectivity index (χ1v) is 12.0. The molecule has 1 unspecified atom stereocenters. The van der Waals surface area contributed by atoms with Crippen LogP contribution < -0.4 is 15.4 Å². The minimum Gasteiger partial charge on any atom is -0.491 e. The second-order valence-corrected chi connectivity index (χ2v) is 9.11. The zero-order valence-corrected chi connectivity index (χ0v) is 22.6. The van der Waals surface area contributed by atoms with Crippen LogP contribution in [0.3, 0.4) is 0 Å². The summed E-state index contributed by atoms with van der Waals surface area (Å²) in [4.78, 5) is 8.44. The van der Waals surface area contributed by atoms with Crippen LogP contribution in [0.5, 0.6) is 5.75 Å². The quantitative estimate of drug-likeness (QED) is 0.193. The van der Waals surface area contributed by atoms with E-state index in [2.05, 4.69) is 63.2 Å². The van der Waals surface area contributed by atoms with Crippen molar-refractivity contribution in [1.82, 2.24) is 15.5 Å². The zero-order chi connectivity index (χ0) is 21.9. The number of likely N-dealkylation sites (tertiary alicyclic amines) is 1. The Morgan fingerprint density at radius 2 is 2.12 bits per heavy atom. The molecule has 1 aliphatic heterocycles. The lowest BCUT2D eigenvalue weighted by Crippen LogP contribution is -2.44. The van der Waals surface area contributed by atoms with Crippen LogP contribution >= 0.6 is 35.3 Å². The smallest absolute Gasteiger partial charge is 0.191 e. The highest BCUT2D eigenvalue weighted by Gasteiger charge is 2.20. The van der Waals surface area contributed by atoms with Gasteiger partial charge in [0.25, 0.3) is 0 Å². The van der Waals surface area contributed by atoms with Crippen molar-refractivity contribution in [2.24, 2.45) is 10.9 Å². The number of nitrogens with one attached hydrogen (secondary N) is 2. The van der Waals surface area contributed by atoms with Gasteiger partial charge in [0.2, 0.25) is 0 Å². The molecule has 0 radical (unpaired) electrons. The maximum absolute atomic E-state index is 5.90. The van der Waals surface area contributed by atoms with Crippen molar-refractivity contribution >= 4 is 41.3 Å². The summed E-state index contributed by atoms with van der Waals surface area (Å²) in [5.74, 6) is 2.37. The largest absolute Gasteiger partial charge is 0.491 e. The standard InChI is InChI=1S/C24H36N4O2S.HI/c1-19-8-9-21(23(14-19)30-12-11-29-3)16-27-24(25-2)26-15-20-6-4-10-28(17-20)18-22-7-5-13-31-22;/h5,7-9,13-14,20H,4,6,10-12,15-18H2,1-3H3,(H2,25,26,27);1H. The Labute approximate surface area is 213 Å². The number of thiophene rings is 1. The summed E-state index contributed by atoms with van der Waals surface area (Å²) < 4.78 is 11.0. The van der Waals surface area contributed by atoms with Crippen molar-refractivity contribution in [2.75, 3.05) is 47.0 Å². The molecule has 3 rings (SSSR count). The Morgan fingerprint density at radius 3 is 2.88 bits per heavy atom. The average molecular weight is 573 g/mol. The minimum atomic E-state index is 0. The van der Waals surface area contributed by atoms with Gasteiger partial charge in [0, 0.05) is 50.8 Å². The van der Waals surface area contributed by atoms with Crippen molar-refractivity contribution in [3.05, 3.63) is 51.7 Å². The Balaban J connectivity index is 0.00000363. The Kier molecular flexibility index (Phi) is 12.4. The molecular formula is C24H37IN4O2S. The van der Waals surface area contributed by atoms with Crippen LogP contribution in [0.1, 0.15) is 28.8 Å². The third-order valence-electron chi connectivity index (χ3n) is 5.56. The molecule has 0 bridgehead atoms. The molecule has 1 aromatic carbocycles. The monoisotopic (exact) mass is 572 g/mol. The van der Waals surface area contributed by atoms with Gasteiger partial charge in [0.1, 0.15) is 12.4 Å². The fourth-order valence-corrected chi connectivity index (χ4v) is 4.65. The van der Waals surface area contributed by atoms with E-state index >= 15 is 0 Å². The highest BCUT2D eigenvalue weighted by atomic mass is 127. The molecule has 0 spiro atoms. The zero-order valence-electron chi connectivity index (χ0n) is 19.4. The van der Waals surface area contributed by atoms with Gasteiger partial charge in [0.05, 0.1) is 6.61 Å². The molecule has 6 nitrogen and oxygen atoms in total. The van der Waals surface area contributed by atoms with Crippen LogP contribution in [0.25, 0.3) is 0 Å². The minimum absolute atomic E-state index is 0. The van der Waals surface area contributed by atoms with Crippen LogP contribution in [-0.4, -0.2) is 57.9 Å². The third-order valence-corrected chi connectivity index (χ3v) is 6.42. The first-order valence-electron chi connectivity index (χ1n) is 11.1. The van der Waals surface area contributed by atoms with Gasteiger partial charge in [-0.05, 0) is 55.3 Å². The van der Waals surface area contributed by atoms with Gasteiger partial charge in [-0.1, -0.05) is 18.2 Å². The van der Waals surface area contributed by atoms with Crippen molar-refractivity contribution in [3.8, 4) is 5.75 Å². The van der Waals surface area contributed by atoms with Gasteiger partial charge in [-0.25, -0.2) is 0 Å². The van der Waals surface area contributed by atoms with Crippen LogP contribution in [0, 0.1) is 12.8 Å². The first kappa shape index (κ1) is 26.9. The number of halogens is 1. The molecule has 1 atom stereocenters. The molecule has 8 heteroatoms. The van der Waals surface area contributed by atoms with E-state index in [9.17, 15) is 0 Å².